The highest BCUT2D eigenvalue weighted by Crippen LogP contribution is 2.21. The van der Waals surface area contributed by atoms with Gasteiger partial charge in [0.15, 0.2) is 5.76 Å². The topological polar surface area (TPSA) is 103 Å². The number of thiazole rings is 1. The molecule has 0 fully saturated rings. The van der Waals surface area contributed by atoms with E-state index in [2.05, 4.69) is 15.8 Å². The third kappa shape index (κ3) is 7.05. The molecule has 0 spiro atoms. The molecule has 0 unspecified atom stereocenters. The Kier molecular flexibility index (Phi) is 7.92. The van der Waals surface area contributed by atoms with E-state index in [4.69, 9.17) is 13.9 Å². The first-order valence-corrected chi connectivity index (χ1v) is 11.6. The minimum atomic E-state index is -0.583. The van der Waals surface area contributed by atoms with Crippen LogP contribution in [0, 0.1) is 6.92 Å². The predicted octanol–water partition coefficient (Wildman–Crippen LogP) is 4.68. The van der Waals surface area contributed by atoms with E-state index in [1.165, 1.54) is 12.1 Å². The summed E-state index contributed by atoms with van der Waals surface area (Å²) in [6, 6.07) is 19.8. The second kappa shape index (κ2) is 11.7. The zero-order chi connectivity index (χ0) is 24.5. The number of aryl methyl sites for hydroxylation is 1. The van der Waals surface area contributed by atoms with Gasteiger partial charge in [-0.25, -0.2) is 4.98 Å². The fraction of sp³-hybridized carbons (Fsp3) is 0.115. The summed E-state index contributed by atoms with van der Waals surface area (Å²) in [5.74, 6) is 0.750. The quantitative estimate of drug-likeness (QED) is 0.262. The summed E-state index contributed by atoms with van der Waals surface area (Å²) in [5, 5.41) is 2.92. The van der Waals surface area contributed by atoms with Gasteiger partial charge in [0.25, 0.3) is 5.91 Å². The van der Waals surface area contributed by atoms with Gasteiger partial charge in [0.2, 0.25) is 0 Å². The lowest BCUT2D eigenvalue weighted by Crippen LogP contribution is -2.40. The molecule has 0 radical (unpaired) electrons. The zero-order valence-electron chi connectivity index (χ0n) is 18.9. The minimum Gasteiger partial charge on any atom is -0.487 e. The lowest BCUT2D eigenvalue weighted by molar-refractivity contribution is -0.117. The molecule has 0 bridgehead atoms. The maximum absolute atomic E-state index is 12.3. The number of hydrogen-bond acceptors (Lipinski definition) is 7. The lowest BCUT2D eigenvalue weighted by Gasteiger charge is -2.08. The maximum atomic E-state index is 12.3. The number of para-hydroxylation sites is 2. The molecule has 0 aliphatic heterocycles. The average molecular weight is 490 g/mol. The van der Waals surface area contributed by atoms with Crippen molar-refractivity contribution in [1.82, 2.24) is 15.8 Å². The number of rotatable bonds is 9. The molecule has 2 heterocycles. The molecular weight excluding hydrogens is 466 g/mol. The number of hydrogen-bond donors (Lipinski definition) is 2. The van der Waals surface area contributed by atoms with Crippen LogP contribution >= 0.6 is 11.3 Å². The smallest absolute Gasteiger partial charge is 0.305 e. The van der Waals surface area contributed by atoms with Crippen molar-refractivity contribution in [3.63, 3.8) is 0 Å². The standard InChI is InChI=1S/C26H23N3O5S/c1-18-27-20(17-35-18)15-33-23-10-6-5-7-19(23)11-14-25(30)28-29-26(31)24-13-12-22(34-24)16-32-21-8-3-2-4-9-21/h2-14,17H,15-16H2,1H3,(H,28,30)(H,29,31)/b14-11+. The average Bonchev–Trinajstić information content (AvgIpc) is 3.53. The molecule has 0 aliphatic carbocycles. The van der Waals surface area contributed by atoms with Crippen molar-refractivity contribution in [3.8, 4) is 11.5 Å². The van der Waals surface area contributed by atoms with Crippen LogP contribution in [0.25, 0.3) is 6.08 Å². The van der Waals surface area contributed by atoms with Gasteiger partial charge in [0.05, 0.1) is 10.7 Å². The van der Waals surface area contributed by atoms with E-state index in [-0.39, 0.29) is 12.4 Å². The number of hydrazine groups is 1. The van der Waals surface area contributed by atoms with Gasteiger partial charge in [-0.15, -0.1) is 11.3 Å². The first-order valence-electron chi connectivity index (χ1n) is 10.7. The van der Waals surface area contributed by atoms with Crippen molar-refractivity contribution in [1.29, 1.82) is 0 Å². The first kappa shape index (κ1) is 23.8. The van der Waals surface area contributed by atoms with Crippen molar-refractivity contribution in [2.45, 2.75) is 20.1 Å². The molecule has 2 amide bonds. The van der Waals surface area contributed by atoms with Gasteiger partial charge >= 0.3 is 5.91 Å². The molecule has 35 heavy (non-hydrogen) atoms. The molecule has 2 aromatic carbocycles. The van der Waals surface area contributed by atoms with Crippen molar-refractivity contribution in [3.05, 3.63) is 106 Å². The Morgan fingerprint density at radius 2 is 1.77 bits per heavy atom. The number of nitrogens with one attached hydrogen (secondary N) is 2. The van der Waals surface area contributed by atoms with Gasteiger partial charge in [0.1, 0.15) is 30.5 Å². The Morgan fingerprint density at radius 3 is 2.57 bits per heavy atom. The molecule has 4 rings (SSSR count). The second-order valence-electron chi connectivity index (χ2n) is 7.33. The Morgan fingerprint density at radius 1 is 0.971 bits per heavy atom. The fourth-order valence-corrected chi connectivity index (χ4v) is 3.61. The van der Waals surface area contributed by atoms with Crippen LogP contribution in [-0.2, 0) is 18.0 Å². The number of nitrogens with zero attached hydrogens (tertiary/aromatic N) is 1. The molecular formula is C26H23N3O5S. The highest BCUT2D eigenvalue weighted by molar-refractivity contribution is 7.09. The number of carbonyl (C=O) groups is 2. The minimum absolute atomic E-state index is 0.0527. The second-order valence-corrected chi connectivity index (χ2v) is 8.39. The summed E-state index contributed by atoms with van der Waals surface area (Å²) >= 11 is 1.56. The first-order chi connectivity index (χ1) is 17.1. The van der Waals surface area contributed by atoms with Crippen LogP contribution < -0.4 is 20.3 Å². The predicted molar refractivity (Wildman–Crippen MR) is 132 cm³/mol. The van der Waals surface area contributed by atoms with Gasteiger partial charge < -0.3 is 13.9 Å². The zero-order valence-corrected chi connectivity index (χ0v) is 19.7. The number of benzene rings is 2. The number of ether oxygens (including phenoxy) is 2. The van der Waals surface area contributed by atoms with Crippen LogP contribution in [0.4, 0.5) is 0 Å². The maximum Gasteiger partial charge on any atom is 0.305 e. The summed E-state index contributed by atoms with van der Waals surface area (Å²) < 4.78 is 16.9. The van der Waals surface area contributed by atoms with E-state index in [0.717, 1.165) is 16.3 Å². The molecule has 8 nitrogen and oxygen atoms in total. The molecule has 9 heteroatoms. The van der Waals surface area contributed by atoms with Gasteiger partial charge in [-0.3, -0.25) is 20.4 Å². The van der Waals surface area contributed by atoms with Crippen LogP contribution in [0.15, 0.2) is 82.6 Å². The summed E-state index contributed by atoms with van der Waals surface area (Å²) in [4.78, 5) is 28.9. The Labute approximate surface area is 206 Å². The normalized spacial score (nSPS) is 10.8. The number of carbonyl (C=O) groups excluding carboxylic acids is 2. The van der Waals surface area contributed by atoms with E-state index in [1.807, 2.05) is 66.9 Å². The Bertz CT molecular complexity index is 1310. The summed E-state index contributed by atoms with van der Waals surface area (Å²) in [6.07, 6.45) is 2.91. The lowest BCUT2D eigenvalue weighted by atomic mass is 10.2. The van der Waals surface area contributed by atoms with Crippen LogP contribution in [0.3, 0.4) is 0 Å². The third-order valence-electron chi connectivity index (χ3n) is 4.68. The SMILES string of the molecule is Cc1nc(COc2ccccc2/C=C/C(=O)NNC(=O)c2ccc(COc3ccccc3)o2)cs1. The highest BCUT2D eigenvalue weighted by atomic mass is 32.1. The monoisotopic (exact) mass is 489 g/mol. The molecule has 2 N–H and O–H groups in total. The van der Waals surface area contributed by atoms with E-state index in [9.17, 15) is 9.59 Å². The third-order valence-corrected chi connectivity index (χ3v) is 5.51. The van der Waals surface area contributed by atoms with E-state index >= 15 is 0 Å². The molecule has 0 atom stereocenters. The van der Waals surface area contributed by atoms with Gasteiger partial charge in [0, 0.05) is 17.0 Å². The number of furan rings is 1. The summed E-state index contributed by atoms with van der Waals surface area (Å²) in [7, 11) is 0. The van der Waals surface area contributed by atoms with Crippen LogP contribution in [-0.4, -0.2) is 16.8 Å². The van der Waals surface area contributed by atoms with Crippen molar-refractivity contribution in [2.24, 2.45) is 0 Å². The number of aromatic nitrogens is 1. The van der Waals surface area contributed by atoms with Gasteiger partial charge in [-0.2, -0.15) is 0 Å². The molecule has 4 aromatic rings. The van der Waals surface area contributed by atoms with Gasteiger partial charge in [-0.1, -0.05) is 36.4 Å². The van der Waals surface area contributed by atoms with E-state index in [0.29, 0.717) is 23.9 Å². The van der Waals surface area contributed by atoms with E-state index < -0.39 is 11.8 Å². The van der Waals surface area contributed by atoms with Crippen molar-refractivity contribution in [2.75, 3.05) is 0 Å². The molecule has 0 saturated heterocycles. The summed E-state index contributed by atoms with van der Waals surface area (Å²) in [6.45, 7) is 2.45. The molecule has 2 aromatic heterocycles. The summed E-state index contributed by atoms with van der Waals surface area (Å²) in [5.41, 5.74) is 6.22. The largest absolute Gasteiger partial charge is 0.487 e. The molecule has 178 valence electrons. The van der Waals surface area contributed by atoms with Crippen molar-refractivity contribution < 1.29 is 23.5 Å². The van der Waals surface area contributed by atoms with E-state index in [1.54, 1.807) is 23.5 Å². The van der Waals surface area contributed by atoms with Crippen LogP contribution in [0.1, 0.15) is 32.6 Å². The highest BCUT2D eigenvalue weighted by Gasteiger charge is 2.12. The Hall–Kier alpha value is -4.37. The fourth-order valence-electron chi connectivity index (χ4n) is 3.01. The molecule has 0 saturated carbocycles. The van der Waals surface area contributed by atoms with Gasteiger partial charge in [-0.05, 0) is 43.3 Å². The van der Waals surface area contributed by atoms with Crippen LogP contribution in [0.2, 0.25) is 0 Å². The number of amides is 2. The molecule has 0 aliphatic rings. The van der Waals surface area contributed by atoms with Crippen molar-refractivity contribution >= 4 is 29.2 Å². The van der Waals surface area contributed by atoms with Crippen LogP contribution in [0.5, 0.6) is 11.5 Å². The Balaban J connectivity index is 1.26.